The smallest absolute Gasteiger partial charge is 0.310 e. The Hall–Kier alpha value is -2.13. The molecule has 17 heavy (non-hydrogen) atoms. The zero-order valence-electron chi connectivity index (χ0n) is 9.62. The third-order valence-electron chi connectivity index (χ3n) is 2.62. The monoisotopic (exact) mass is 235 g/mol. The molecule has 1 unspecified atom stereocenters. The van der Waals surface area contributed by atoms with E-state index in [2.05, 4.69) is 0 Å². The standard InChI is InChI=1S/C11H13N3O3/c1-8(7-15)13(2)10-5-3-4-9(6-12)11(10)14(16)17/h3-5,8,15H,7H2,1-2H3. The fourth-order valence-electron chi connectivity index (χ4n) is 1.46. The molecule has 0 spiro atoms. The number of nitriles is 1. The number of nitrogens with zero attached hydrogens (tertiary/aromatic N) is 3. The molecule has 0 fully saturated rings. The average molecular weight is 235 g/mol. The fourth-order valence-corrected chi connectivity index (χ4v) is 1.46. The first kappa shape index (κ1) is 12.9. The van der Waals surface area contributed by atoms with Crippen molar-refractivity contribution in [3.8, 4) is 6.07 Å². The predicted molar refractivity (Wildman–Crippen MR) is 62.8 cm³/mol. The predicted octanol–water partition coefficient (Wildman–Crippen LogP) is 1.28. The molecule has 0 saturated heterocycles. The summed E-state index contributed by atoms with van der Waals surface area (Å²) in [6.07, 6.45) is 0. The number of hydrogen-bond acceptors (Lipinski definition) is 5. The maximum absolute atomic E-state index is 11.0. The Balaban J connectivity index is 3.34. The number of rotatable bonds is 4. The van der Waals surface area contributed by atoms with E-state index in [1.807, 2.05) is 0 Å². The summed E-state index contributed by atoms with van der Waals surface area (Å²) in [5.74, 6) is 0. The molecule has 0 amide bonds. The molecule has 1 rings (SSSR count). The Morgan fingerprint density at radius 1 is 1.65 bits per heavy atom. The van der Waals surface area contributed by atoms with Crippen molar-refractivity contribution < 1.29 is 10.0 Å². The number of likely N-dealkylation sites (N-methyl/N-ethyl adjacent to an activating group) is 1. The lowest BCUT2D eigenvalue weighted by atomic mass is 10.1. The van der Waals surface area contributed by atoms with Gasteiger partial charge in [0.15, 0.2) is 0 Å². The Bertz CT molecular complexity index is 468. The fraction of sp³-hybridized carbons (Fsp3) is 0.364. The minimum atomic E-state index is -0.575. The molecule has 0 aliphatic heterocycles. The van der Waals surface area contributed by atoms with E-state index < -0.39 is 4.92 Å². The van der Waals surface area contributed by atoms with Crippen molar-refractivity contribution in [2.24, 2.45) is 0 Å². The molecule has 0 aromatic heterocycles. The van der Waals surface area contributed by atoms with Gasteiger partial charge in [0.25, 0.3) is 0 Å². The van der Waals surface area contributed by atoms with E-state index >= 15 is 0 Å². The Labute approximate surface area is 98.9 Å². The number of benzene rings is 1. The molecular formula is C11H13N3O3. The first-order valence-corrected chi connectivity index (χ1v) is 5.04. The van der Waals surface area contributed by atoms with Crippen LogP contribution in [0.3, 0.4) is 0 Å². The van der Waals surface area contributed by atoms with Crippen LogP contribution in [-0.4, -0.2) is 29.7 Å². The van der Waals surface area contributed by atoms with Crippen molar-refractivity contribution in [3.63, 3.8) is 0 Å². The summed E-state index contributed by atoms with van der Waals surface area (Å²) in [4.78, 5) is 12.0. The quantitative estimate of drug-likeness (QED) is 0.627. The van der Waals surface area contributed by atoms with Gasteiger partial charge in [0.05, 0.1) is 11.5 Å². The van der Waals surface area contributed by atoms with Crippen LogP contribution in [0.25, 0.3) is 0 Å². The molecule has 1 aromatic rings. The molecule has 1 aromatic carbocycles. The largest absolute Gasteiger partial charge is 0.394 e. The van der Waals surface area contributed by atoms with Crippen LogP contribution in [0.2, 0.25) is 0 Å². The molecule has 0 radical (unpaired) electrons. The molecular weight excluding hydrogens is 222 g/mol. The topological polar surface area (TPSA) is 90.4 Å². The van der Waals surface area contributed by atoms with Gasteiger partial charge in [-0.2, -0.15) is 5.26 Å². The second-order valence-corrected chi connectivity index (χ2v) is 3.68. The van der Waals surface area contributed by atoms with Crippen LogP contribution in [0.1, 0.15) is 12.5 Å². The first-order valence-electron chi connectivity index (χ1n) is 5.04. The highest BCUT2D eigenvalue weighted by atomic mass is 16.6. The lowest BCUT2D eigenvalue weighted by molar-refractivity contribution is -0.384. The zero-order valence-corrected chi connectivity index (χ0v) is 9.62. The molecule has 90 valence electrons. The zero-order chi connectivity index (χ0) is 13.0. The van der Waals surface area contributed by atoms with Gasteiger partial charge in [-0.05, 0) is 19.1 Å². The van der Waals surface area contributed by atoms with Crippen molar-refractivity contribution >= 4 is 11.4 Å². The van der Waals surface area contributed by atoms with Crippen molar-refractivity contribution in [1.29, 1.82) is 5.26 Å². The number of aliphatic hydroxyl groups excluding tert-OH is 1. The number of para-hydroxylation sites is 1. The Morgan fingerprint density at radius 3 is 2.76 bits per heavy atom. The van der Waals surface area contributed by atoms with E-state index in [4.69, 9.17) is 10.4 Å². The van der Waals surface area contributed by atoms with E-state index in [1.54, 1.807) is 37.1 Å². The van der Waals surface area contributed by atoms with Gasteiger partial charge >= 0.3 is 5.69 Å². The second-order valence-electron chi connectivity index (χ2n) is 3.68. The van der Waals surface area contributed by atoms with Gasteiger partial charge < -0.3 is 10.0 Å². The van der Waals surface area contributed by atoms with Gasteiger partial charge in [-0.3, -0.25) is 10.1 Å². The summed E-state index contributed by atoms with van der Waals surface area (Å²) in [6.45, 7) is 1.62. The van der Waals surface area contributed by atoms with Crippen LogP contribution in [0, 0.1) is 21.4 Å². The lowest BCUT2D eigenvalue weighted by Crippen LogP contribution is -2.32. The van der Waals surface area contributed by atoms with Gasteiger partial charge in [-0.15, -0.1) is 0 Å². The molecule has 0 bridgehead atoms. The van der Waals surface area contributed by atoms with Crippen LogP contribution in [0.4, 0.5) is 11.4 Å². The van der Waals surface area contributed by atoms with Gasteiger partial charge in [0.2, 0.25) is 0 Å². The summed E-state index contributed by atoms with van der Waals surface area (Å²) >= 11 is 0. The van der Waals surface area contributed by atoms with E-state index in [1.165, 1.54) is 6.07 Å². The highest BCUT2D eigenvalue weighted by Gasteiger charge is 2.23. The van der Waals surface area contributed by atoms with Crippen molar-refractivity contribution in [2.45, 2.75) is 13.0 Å². The molecule has 6 nitrogen and oxygen atoms in total. The number of nitro groups is 1. The van der Waals surface area contributed by atoms with Gasteiger partial charge in [-0.1, -0.05) is 6.07 Å². The van der Waals surface area contributed by atoms with Gasteiger partial charge in [0.1, 0.15) is 17.3 Å². The summed E-state index contributed by atoms with van der Waals surface area (Å²) in [5.41, 5.74) is 0.123. The second kappa shape index (κ2) is 5.27. The van der Waals surface area contributed by atoms with E-state index in [0.717, 1.165) is 0 Å². The maximum atomic E-state index is 11.0. The maximum Gasteiger partial charge on any atom is 0.310 e. The summed E-state index contributed by atoms with van der Waals surface area (Å²) in [7, 11) is 1.64. The molecule has 6 heteroatoms. The van der Waals surface area contributed by atoms with Crippen LogP contribution < -0.4 is 4.90 Å². The van der Waals surface area contributed by atoms with Crippen LogP contribution >= 0.6 is 0 Å². The summed E-state index contributed by atoms with van der Waals surface area (Å²) < 4.78 is 0. The first-order chi connectivity index (χ1) is 8.02. The van der Waals surface area contributed by atoms with E-state index in [-0.39, 0.29) is 23.9 Å². The molecule has 0 aliphatic carbocycles. The van der Waals surface area contributed by atoms with Crippen molar-refractivity contribution in [1.82, 2.24) is 0 Å². The molecule has 1 N–H and O–H groups in total. The highest BCUT2D eigenvalue weighted by Crippen LogP contribution is 2.31. The number of nitro benzene ring substituents is 1. The lowest BCUT2D eigenvalue weighted by Gasteiger charge is -2.25. The SMILES string of the molecule is CC(CO)N(C)c1cccc(C#N)c1[N+](=O)[O-]. The normalized spacial score (nSPS) is 11.6. The number of hydrogen-bond donors (Lipinski definition) is 1. The minimum absolute atomic E-state index is 0.0180. The molecule has 0 saturated carbocycles. The van der Waals surface area contributed by atoms with E-state index in [0.29, 0.717) is 5.69 Å². The van der Waals surface area contributed by atoms with Crippen molar-refractivity contribution in [2.75, 3.05) is 18.6 Å². The Kier molecular flexibility index (Phi) is 4.01. The van der Waals surface area contributed by atoms with Gasteiger partial charge in [-0.25, -0.2) is 0 Å². The summed E-state index contributed by atoms with van der Waals surface area (Å²) in [5, 5.41) is 28.9. The molecule has 0 aliphatic rings. The summed E-state index contributed by atoms with van der Waals surface area (Å²) in [6, 6.07) is 6.08. The average Bonchev–Trinajstić information content (AvgIpc) is 2.35. The van der Waals surface area contributed by atoms with Crippen LogP contribution in [0.15, 0.2) is 18.2 Å². The Morgan fingerprint density at radius 2 is 2.29 bits per heavy atom. The molecule has 0 heterocycles. The number of anilines is 1. The third-order valence-corrected chi connectivity index (χ3v) is 2.62. The van der Waals surface area contributed by atoms with E-state index in [9.17, 15) is 10.1 Å². The van der Waals surface area contributed by atoms with Crippen LogP contribution in [-0.2, 0) is 0 Å². The van der Waals surface area contributed by atoms with Crippen LogP contribution in [0.5, 0.6) is 0 Å². The minimum Gasteiger partial charge on any atom is -0.394 e. The van der Waals surface area contributed by atoms with Crippen molar-refractivity contribution in [3.05, 3.63) is 33.9 Å². The third kappa shape index (κ3) is 2.52. The highest BCUT2D eigenvalue weighted by molar-refractivity contribution is 5.69. The van der Waals surface area contributed by atoms with Gasteiger partial charge in [0, 0.05) is 13.1 Å². The number of aliphatic hydroxyl groups is 1. The molecule has 1 atom stereocenters.